The molecule has 1 rings (SSSR count). The summed E-state index contributed by atoms with van der Waals surface area (Å²) in [6.45, 7) is 4.22. The summed E-state index contributed by atoms with van der Waals surface area (Å²) >= 11 is 0. The molecule has 96 valence electrons. The van der Waals surface area contributed by atoms with E-state index in [1.165, 1.54) is 0 Å². The SMILES string of the molecule is CN(CCOCCN)CCn1ccccc1=O. The van der Waals surface area contributed by atoms with Crippen molar-refractivity contribution >= 4 is 0 Å². The first-order chi connectivity index (χ1) is 8.24. The number of hydrogen-bond acceptors (Lipinski definition) is 4. The minimum atomic E-state index is 0.0419. The van der Waals surface area contributed by atoms with Crippen molar-refractivity contribution in [2.24, 2.45) is 5.73 Å². The quantitative estimate of drug-likeness (QED) is 0.636. The fourth-order valence-corrected chi connectivity index (χ4v) is 1.44. The summed E-state index contributed by atoms with van der Waals surface area (Å²) in [7, 11) is 2.01. The van der Waals surface area contributed by atoms with Gasteiger partial charge in [0.15, 0.2) is 0 Å². The van der Waals surface area contributed by atoms with Crippen LogP contribution in [0.15, 0.2) is 29.2 Å². The molecule has 1 heterocycles. The third-order valence-corrected chi connectivity index (χ3v) is 2.50. The maximum absolute atomic E-state index is 11.4. The van der Waals surface area contributed by atoms with Crippen molar-refractivity contribution < 1.29 is 4.74 Å². The number of rotatable bonds is 8. The van der Waals surface area contributed by atoms with Gasteiger partial charge in [0.25, 0.3) is 5.56 Å². The Morgan fingerprint density at radius 1 is 1.35 bits per heavy atom. The molecule has 0 fully saturated rings. The molecule has 0 aromatic carbocycles. The van der Waals surface area contributed by atoms with E-state index in [2.05, 4.69) is 4.90 Å². The highest BCUT2D eigenvalue weighted by atomic mass is 16.5. The average Bonchev–Trinajstić information content (AvgIpc) is 2.34. The first-order valence-electron chi connectivity index (χ1n) is 5.86. The molecule has 0 amide bonds. The van der Waals surface area contributed by atoms with Crippen LogP contribution in [0, 0.1) is 0 Å². The van der Waals surface area contributed by atoms with Gasteiger partial charge in [0.1, 0.15) is 0 Å². The van der Waals surface area contributed by atoms with Crippen LogP contribution in [0.3, 0.4) is 0 Å². The van der Waals surface area contributed by atoms with Gasteiger partial charge in [-0.25, -0.2) is 0 Å². The standard InChI is InChI=1S/C12H21N3O2/c1-14(9-11-17-10-5-13)7-8-15-6-3-2-4-12(15)16/h2-4,6H,5,7-11,13H2,1H3. The van der Waals surface area contributed by atoms with E-state index in [-0.39, 0.29) is 5.56 Å². The lowest BCUT2D eigenvalue weighted by Crippen LogP contribution is -2.30. The van der Waals surface area contributed by atoms with Crippen molar-refractivity contribution in [2.75, 3.05) is 39.9 Å². The molecule has 0 saturated heterocycles. The first kappa shape index (κ1) is 13.9. The molecule has 2 N–H and O–H groups in total. The van der Waals surface area contributed by atoms with E-state index in [1.54, 1.807) is 22.9 Å². The third-order valence-electron chi connectivity index (χ3n) is 2.50. The predicted molar refractivity (Wildman–Crippen MR) is 68.1 cm³/mol. The van der Waals surface area contributed by atoms with Gasteiger partial charge >= 0.3 is 0 Å². The van der Waals surface area contributed by atoms with Gasteiger partial charge in [-0.05, 0) is 13.1 Å². The zero-order valence-corrected chi connectivity index (χ0v) is 10.3. The van der Waals surface area contributed by atoms with Crippen LogP contribution in [0.5, 0.6) is 0 Å². The maximum atomic E-state index is 11.4. The van der Waals surface area contributed by atoms with Gasteiger partial charge in [-0.15, -0.1) is 0 Å². The van der Waals surface area contributed by atoms with Gasteiger partial charge in [-0.3, -0.25) is 4.79 Å². The highest BCUT2D eigenvalue weighted by Gasteiger charge is 1.99. The largest absolute Gasteiger partial charge is 0.379 e. The highest BCUT2D eigenvalue weighted by molar-refractivity contribution is 4.93. The Labute approximate surface area is 102 Å². The minimum Gasteiger partial charge on any atom is -0.379 e. The molecule has 0 aliphatic rings. The molecule has 5 heteroatoms. The van der Waals surface area contributed by atoms with Crippen molar-refractivity contribution in [1.29, 1.82) is 0 Å². The molecule has 0 radical (unpaired) electrons. The molecule has 0 bridgehead atoms. The van der Waals surface area contributed by atoms with E-state index in [0.29, 0.717) is 26.3 Å². The molecule has 0 aliphatic carbocycles. The third kappa shape index (κ3) is 5.63. The van der Waals surface area contributed by atoms with E-state index in [4.69, 9.17) is 10.5 Å². The Balaban J connectivity index is 2.22. The average molecular weight is 239 g/mol. The number of ether oxygens (including phenoxy) is 1. The number of likely N-dealkylation sites (N-methyl/N-ethyl adjacent to an activating group) is 1. The number of nitrogens with two attached hydrogens (primary N) is 1. The molecule has 0 atom stereocenters. The summed E-state index contributed by atoms with van der Waals surface area (Å²) in [5, 5.41) is 0. The van der Waals surface area contributed by atoms with Crippen molar-refractivity contribution in [2.45, 2.75) is 6.54 Å². The highest BCUT2D eigenvalue weighted by Crippen LogP contribution is 1.87. The van der Waals surface area contributed by atoms with Crippen molar-refractivity contribution in [3.05, 3.63) is 34.7 Å². The molecule has 5 nitrogen and oxygen atoms in total. The molecule has 0 saturated carbocycles. The lowest BCUT2D eigenvalue weighted by Gasteiger charge is -2.17. The number of aromatic nitrogens is 1. The van der Waals surface area contributed by atoms with Crippen LogP contribution < -0.4 is 11.3 Å². The molecule has 0 aliphatic heterocycles. The first-order valence-corrected chi connectivity index (χ1v) is 5.86. The monoisotopic (exact) mass is 239 g/mol. The lowest BCUT2D eigenvalue weighted by atomic mass is 10.4. The minimum absolute atomic E-state index is 0.0419. The summed E-state index contributed by atoms with van der Waals surface area (Å²) in [6, 6.07) is 5.19. The molecule has 0 unspecified atom stereocenters. The second kappa shape index (κ2) is 8.00. The smallest absolute Gasteiger partial charge is 0.250 e. The van der Waals surface area contributed by atoms with E-state index >= 15 is 0 Å². The van der Waals surface area contributed by atoms with Crippen LogP contribution in [-0.2, 0) is 11.3 Å². The lowest BCUT2D eigenvalue weighted by molar-refractivity contribution is 0.116. The van der Waals surface area contributed by atoms with Crippen molar-refractivity contribution in [1.82, 2.24) is 9.47 Å². The Kier molecular flexibility index (Phi) is 6.54. The van der Waals surface area contributed by atoms with Gasteiger partial charge in [0.05, 0.1) is 13.2 Å². The normalized spacial score (nSPS) is 11.0. The summed E-state index contributed by atoms with van der Waals surface area (Å²) in [5.74, 6) is 0. The van der Waals surface area contributed by atoms with Gasteiger partial charge in [0.2, 0.25) is 0 Å². The summed E-state index contributed by atoms with van der Waals surface area (Å²) < 4.78 is 7.00. The Bertz CT molecular complexity index is 365. The number of nitrogens with zero attached hydrogens (tertiary/aromatic N) is 2. The van der Waals surface area contributed by atoms with Gasteiger partial charge in [-0.1, -0.05) is 6.07 Å². The van der Waals surface area contributed by atoms with E-state index in [9.17, 15) is 4.79 Å². The number of hydrogen-bond donors (Lipinski definition) is 1. The Morgan fingerprint density at radius 2 is 2.18 bits per heavy atom. The van der Waals surface area contributed by atoms with Crippen LogP contribution in [0.2, 0.25) is 0 Å². The molecule has 1 aromatic heterocycles. The molecule has 1 aromatic rings. The van der Waals surface area contributed by atoms with Gasteiger partial charge < -0.3 is 19.9 Å². The predicted octanol–water partition coefficient (Wildman–Crippen LogP) is -0.245. The Morgan fingerprint density at radius 3 is 2.88 bits per heavy atom. The topological polar surface area (TPSA) is 60.5 Å². The van der Waals surface area contributed by atoms with E-state index < -0.39 is 0 Å². The van der Waals surface area contributed by atoms with Crippen molar-refractivity contribution in [3.8, 4) is 0 Å². The Hall–Kier alpha value is -1.17. The fourth-order valence-electron chi connectivity index (χ4n) is 1.44. The summed E-state index contributed by atoms with van der Waals surface area (Å²) in [6.07, 6.45) is 1.81. The van der Waals surface area contributed by atoms with Crippen LogP contribution in [0.4, 0.5) is 0 Å². The molecule has 17 heavy (non-hydrogen) atoms. The summed E-state index contributed by atoms with van der Waals surface area (Å²) in [4.78, 5) is 13.6. The van der Waals surface area contributed by atoms with E-state index in [1.807, 2.05) is 13.1 Å². The summed E-state index contributed by atoms with van der Waals surface area (Å²) in [5.41, 5.74) is 5.36. The van der Waals surface area contributed by atoms with Crippen LogP contribution >= 0.6 is 0 Å². The fraction of sp³-hybridized carbons (Fsp3) is 0.583. The molecule has 0 spiro atoms. The van der Waals surface area contributed by atoms with Gasteiger partial charge in [-0.2, -0.15) is 0 Å². The molecular formula is C12H21N3O2. The van der Waals surface area contributed by atoms with Gasteiger partial charge in [0, 0.05) is 38.4 Å². The van der Waals surface area contributed by atoms with Crippen LogP contribution in [0.25, 0.3) is 0 Å². The second-order valence-corrected chi connectivity index (χ2v) is 3.94. The number of pyridine rings is 1. The van der Waals surface area contributed by atoms with Crippen LogP contribution in [0.1, 0.15) is 0 Å². The van der Waals surface area contributed by atoms with Crippen molar-refractivity contribution in [3.63, 3.8) is 0 Å². The second-order valence-electron chi connectivity index (χ2n) is 3.94. The zero-order valence-electron chi connectivity index (χ0n) is 10.3. The zero-order chi connectivity index (χ0) is 12.5. The maximum Gasteiger partial charge on any atom is 0.250 e. The molecular weight excluding hydrogens is 218 g/mol. The van der Waals surface area contributed by atoms with Crippen LogP contribution in [-0.4, -0.2) is 49.4 Å². The van der Waals surface area contributed by atoms with E-state index in [0.717, 1.165) is 13.1 Å².